The quantitative estimate of drug-likeness (QED) is 0.489. The predicted molar refractivity (Wildman–Crippen MR) is 123 cm³/mol. The van der Waals surface area contributed by atoms with Gasteiger partial charge in [0.1, 0.15) is 5.75 Å². The number of para-hydroxylation sites is 1. The fourth-order valence-electron chi connectivity index (χ4n) is 3.95. The second kappa shape index (κ2) is 7.36. The molecule has 0 fully saturated rings. The molecule has 1 atom stereocenters. The van der Waals surface area contributed by atoms with Crippen LogP contribution in [0.1, 0.15) is 48.7 Å². The lowest BCUT2D eigenvalue weighted by molar-refractivity contribution is 0.462. The van der Waals surface area contributed by atoms with E-state index in [0.29, 0.717) is 11.3 Å². The van der Waals surface area contributed by atoms with Gasteiger partial charge in [-0.3, -0.25) is 4.98 Å². The van der Waals surface area contributed by atoms with Gasteiger partial charge in [0.15, 0.2) is 0 Å². The number of aryl methyl sites for hydroxylation is 2. The third-order valence-electron chi connectivity index (χ3n) is 6.73. The first-order chi connectivity index (χ1) is 13.0. The highest BCUT2D eigenvalue weighted by molar-refractivity contribution is 6.81. The Hall–Kier alpha value is -2.13. The number of aromatic hydroxyl groups is 1. The van der Waals surface area contributed by atoms with E-state index in [2.05, 4.69) is 89.3 Å². The summed E-state index contributed by atoms with van der Waals surface area (Å²) in [5.41, 5.74) is 5.73. The summed E-state index contributed by atoms with van der Waals surface area (Å²) in [6, 6.07) is 16.9. The highest BCUT2D eigenvalue weighted by Crippen LogP contribution is 2.46. The molecule has 3 rings (SSSR count). The van der Waals surface area contributed by atoms with Crippen molar-refractivity contribution < 1.29 is 5.11 Å². The molecule has 3 heteroatoms. The fraction of sp³-hybridized carbons (Fsp3) is 0.400. The number of pyridine rings is 1. The molecule has 1 aromatic heterocycles. The number of aromatic nitrogens is 1. The Labute approximate surface area is 170 Å². The zero-order valence-corrected chi connectivity index (χ0v) is 19.3. The van der Waals surface area contributed by atoms with Crippen molar-refractivity contribution >= 4 is 19.0 Å². The van der Waals surface area contributed by atoms with Crippen LogP contribution in [0.3, 0.4) is 0 Å². The number of phenols is 1. The monoisotopic (exact) mass is 391 g/mol. The average molecular weight is 392 g/mol. The maximum absolute atomic E-state index is 10.8. The van der Waals surface area contributed by atoms with Gasteiger partial charge in [-0.2, -0.15) is 0 Å². The van der Waals surface area contributed by atoms with Gasteiger partial charge in [-0.1, -0.05) is 75.8 Å². The molecule has 0 aliphatic rings. The molecule has 148 valence electrons. The first kappa shape index (κ1) is 20.6. The van der Waals surface area contributed by atoms with Crippen LogP contribution in [-0.2, 0) is 6.42 Å². The Balaban J connectivity index is 2.15. The lowest BCUT2D eigenvalue weighted by Crippen LogP contribution is -2.45. The van der Waals surface area contributed by atoms with Crippen molar-refractivity contribution in [1.82, 2.24) is 4.98 Å². The molecule has 0 radical (unpaired) electrons. The third-order valence-corrected chi connectivity index (χ3v) is 12.8. The second-order valence-corrected chi connectivity index (χ2v) is 15.4. The van der Waals surface area contributed by atoms with Gasteiger partial charge in [-0.15, -0.1) is 0 Å². The molecule has 0 aliphatic heterocycles. The molecule has 0 saturated heterocycles. The largest absolute Gasteiger partial charge is 0.507 e. The molecular weight excluding hydrogens is 358 g/mol. The summed E-state index contributed by atoms with van der Waals surface area (Å²) in [6.45, 7) is 16.1. The smallest absolute Gasteiger partial charge is 0.121 e. The van der Waals surface area contributed by atoms with Crippen molar-refractivity contribution in [3.8, 4) is 5.75 Å². The molecule has 1 unspecified atom stereocenters. The van der Waals surface area contributed by atoms with E-state index in [9.17, 15) is 5.11 Å². The Kier molecular flexibility index (Phi) is 5.41. The summed E-state index contributed by atoms with van der Waals surface area (Å²) < 4.78 is 0. The van der Waals surface area contributed by atoms with Crippen LogP contribution < -0.4 is 0 Å². The van der Waals surface area contributed by atoms with Crippen LogP contribution in [0.15, 0.2) is 48.5 Å². The normalized spacial score (nSPS) is 13.7. The zero-order chi connectivity index (χ0) is 20.7. The Morgan fingerprint density at radius 1 is 1.00 bits per heavy atom. The topological polar surface area (TPSA) is 33.1 Å². The molecule has 3 aromatic rings. The molecule has 2 nitrogen and oxygen atoms in total. The molecule has 1 N–H and O–H groups in total. The minimum Gasteiger partial charge on any atom is -0.507 e. The van der Waals surface area contributed by atoms with Gasteiger partial charge in [0.25, 0.3) is 0 Å². The summed E-state index contributed by atoms with van der Waals surface area (Å²) >= 11 is 0. The fourth-order valence-corrected chi connectivity index (χ4v) is 6.63. The van der Waals surface area contributed by atoms with E-state index in [1.165, 1.54) is 10.9 Å². The lowest BCUT2D eigenvalue weighted by atomic mass is 10.00. The molecule has 28 heavy (non-hydrogen) atoms. The van der Waals surface area contributed by atoms with Gasteiger partial charge in [0, 0.05) is 16.6 Å². The standard InChI is InChI=1S/C25H33NOSi/c1-17-14-18(2)24(27)20(15-17)16-23(28(6,7)25(3,4)5)22-13-12-19-10-8-9-11-21(19)26-22/h8-15,23,27H,16H2,1-7H3. The number of phenolic OH excluding ortho intramolecular Hbond substituents is 1. The van der Waals surface area contributed by atoms with Crippen LogP contribution in [0.2, 0.25) is 18.1 Å². The first-order valence-electron chi connectivity index (χ1n) is 10.2. The number of hydrogen-bond acceptors (Lipinski definition) is 2. The van der Waals surface area contributed by atoms with Gasteiger partial charge in [0.05, 0.1) is 13.6 Å². The van der Waals surface area contributed by atoms with Crippen molar-refractivity contribution in [3.63, 3.8) is 0 Å². The molecule has 0 amide bonds. The molecule has 2 aromatic carbocycles. The second-order valence-electron chi connectivity index (χ2n) is 9.75. The Bertz CT molecular complexity index is 1000. The number of nitrogens with zero attached hydrogens (tertiary/aromatic N) is 1. The minimum absolute atomic E-state index is 0.222. The maximum atomic E-state index is 10.8. The maximum Gasteiger partial charge on any atom is 0.121 e. The van der Waals surface area contributed by atoms with E-state index in [1.807, 2.05) is 6.92 Å². The van der Waals surface area contributed by atoms with Crippen LogP contribution in [0.5, 0.6) is 5.75 Å². The third kappa shape index (κ3) is 3.86. The summed E-state index contributed by atoms with van der Waals surface area (Å²) in [7, 11) is -1.78. The predicted octanol–water partition coefficient (Wildman–Crippen LogP) is 6.93. The van der Waals surface area contributed by atoms with Crippen molar-refractivity contribution in [2.75, 3.05) is 0 Å². The molecule has 1 heterocycles. The van der Waals surface area contributed by atoms with Crippen molar-refractivity contribution in [2.24, 2.45) is 0 Å². The molecule has 0 spiro atoms. The van der Waals surface area contributed by atoms with E-state index >= 15 is 0 Å². The van der Waals surface area contributed by atoms with E-state index in [4.69, 9.17) is 4.98 Å². The molecule has 0 aliphatic carbocycles. The van der Waals surface area contributed by atoms with Crippen LogP contribution in [0.4, 0.5) is 0 Å². The van der Waals surface area contributed by atoms with Crippen LogP contribution in [-0.4, -0.2) is 18.2 Å². The number of hydrogen-bond donors (Lipinski definition) is 1. The van der Waals surface area contributed by atoms with Crippen molar-refractivity contribution in [3.05, 3.63) is 70.9 Å². The van der Waals surface area contributed by atoms with E-state index < -0.39 is 8.07 Å². The van der Waals surface area contributed by atoms with Gasteiger partial charge in [-0.25, -0.2) is 0 Å². The number of benzene rings is 2. The van der Waals surface area contributed by atoms with E-state index in [-0.39, 0.29) is 5.04 Å². The highest BCUT2D eigenvalue weighted by atomic mass is 28.3. The van der Waals surface area contributed by atoms with Gasteiger partial charge >= 0.3 is 0 Å². The number of rotatable bonds is 4. The Morgan fingerprint density at radius 3 is 2.36 bits per heavy atom. The van der Waals surface area contributed by atoms with Gasteiger partial charge in [-0.05, 0) is 48.6 Å². The van der Waals surface area contributed by atoms with Crippen LogP contribution in [0, 0.1) is 13.8 Å². The van der Waals surface area contributed by atoms with E-state index in [1.54, 1.807) is 0 Å². The number of fused-ring (bicyclic) bond motifs is 1. The summed E-state index contributed by atoms with van der Waals surface area (Å²) in [5, 5.41) is 12.2. The van der Waals surface area contributed by atoms with Gasteiger partial charge < -0.3 is 5.11 Å². The first-order valence-corrected chi connectivity index (χ1v) is 13.2. The average Bonchev–Trinajstić information content (AvgIpc) is 2.62. The summed E-state index contributed by atoms with van der Waals surface area (Å²) in [5.74, 6) is 0.440. The van der Waals surface area contributed by atoms with Crippen molar-refractivity contribution in [2.45, 2.75) is 64.7 Å². The zero-order valence-electron chi connectivity index (χ0n) is 18.3. The highest BCUT2D eigenvalue weighted by Gasteiger charge is 2.43. The van der Waals surface area contributed by atoms with E-state index in [0.717, 1.165) is 28.8 Å². The van der Waals surface area contributed by atoms with Crippen molar-refractivity contribution in [1.29, 1.82) is 0 Å². The molecular formula is C25H33NOSi. The molecule has 0 bridgehead atoms. The van der Waals surface area contributed by atoms with Crippen LogP contribution >= 0.6 is 0 Å². The SMILES string of the molecule is Cc1cc(C)c(O)c(CC(c2ccc3ccccc3n2)[Si](C)(C)C(C)(C)C)c1. The Morgan fingerprint density at radius 2 is 1.68 bits per heavy atom. The van der Waals surface area contributed by atoms with Crippen LogP contribution in [0.25, 0.3) is 10.9 Å². The molecule has 0 saturated carbocycles. The summed E-state index contributed by atoms with van der Waals surface area (Å²) in [6.07, 6.45) is 0.830. The summed E-state index contributed by atoms with van der Waals surface area (Å²) in [4.78, 5) is 5.08. The minimum atomic E-state index is -1.78. The lowest BCUT2D eigenvalue weighted by Gasteiger charge is -2.43. The van der Waals surface area contributed by atoms with Gasteiger partial charge in [0.2, 0.25) is 0 Å².